The van der Waals surface area contributed by atoms with Crippen LogP contribution in [0.2, 0.25) is 0 Å². The molecule has 1 saturated heterocycles. The number of allylic oxidation sites excluding steroid dienone is 1. The van der Waals surface area contributed by atoms with Crippen molar-refractivity contribution in [2.75, 3.05) is 13.1 Å². The number of halogens is 1. The van der Waals surface area contributed by atoms with E-state index in [2.05, 4.69) is 22.6 Å². The molecular weight excluding hydrogens is 401 g/mol. The summed E-state index contributed by atoms with van der Waals surface area (Å²) in [6.45, 7) is 7.45. The van der Waals surface area contributed by atoms with Crippen LogP contribution >= 0.6 is 22.6 Å². The fraction of sp³-hybridized carbons (Fsp3) is 0.474. The molecule has 0 saturated carbocycles. The molecule has 122 valence electrons. The second-order valence-electron chi connectivity index (χ2n) is 7.00. The van der Waals surface area contributed by atoms with Gasteiger partial charge in [-0.2, -0.15) is 0 Å². The Labute approximate surface area is 151 Å². The number of carbonyl (C=O) groups excluding carboxylic acids is 2. The van der Waals surface area contributed by atoms with Crippen LogP contribution in [0.4, 0.5) is 0 Å². The van der Waals surface area contributed by atoms with Gasteiger partial charge in [-0.3, -0.25) is 9.59 Å². The fourth-order valence-corrected chi connectivity index (χ4v) is 5.46. The molecule has 3 nitrogen and oxygen atoms in total. The van der Waals surface area contributed by atoms with Gasteiger partial charge >= 0.3 is 0 Å². The third-order valence-corrected chi connectivity index (χ3v) is 6.34. The number of rotatable bonds is 2. The Morgan fingerprint density at radius 1 is 1.22 bits per heavy atom. The third-order valence-electron chi connectivity index (χ3n) is 5.54. The summed E-state index contributed by atoms with van der Waals surface area (Å²) in [6, 6.07) is 9.97. The molecule has 0 bridgehead atoms. The number of hydrogen-bond donors (Lipinski definition) is 0. The van der Waals surface area contributed by atoms with E-state index < -0.39 is 10.8 Å². The topological polar surface area (TPSA) is 37.4 Å². The van der Waals surface area contributed by atoms with Gasteiger partial charge in [-0.15, -0.1) is 0 Å². The maximum absolute atomic E-state index is 13.4. The molecular formula is C19H22INO2. The zero-order valence-corrected chi connectivity index (χ0v) is 16.0. The molecule has 1 aliphatic heterocycles. The molecule has 1 heterocycles. The molecule has 2 atom stereocenters. The molecule has 23 heavy (non-hydrogen) atoms. The van der Waals surface area contributed by atoms with Crippen LogP contribution in [0.25, 0.3) is 0 Å². The van der Waals surface area contributed by atoms with Crippen molar-refractivity contribution in [3.63, 3.8) is 0 Å². The number of hydrogen-bond acceptors (Lipinski definition) is 2. The van der Waals surface area contributed by atoms with E-state index in [9.17, 15) is 9.59 Å². The fourth-order valence-electron chi connectivity index (χ4n) is 4.27. The molecule has 1 unspecified atom stereocenters. The first-order chi connectivity index (χ1) is 10.9. The Morgan fingerprint density at radius 2 is 1.87 bits per heavy atom. The number of likely N-dealkylation sites (N-methyl/N-ethyl adjacent to an activating group) is 1. The molecule has 0 N–H and O–H groups in total. The van der Waals surface area contributed by atoms with Gasteiger partial charge in [-0.05, 0) is 53.5 Å². The number of nitrogens with zero attached hydrogens (tertiary/aromatic N) is 1. The SMILES string of the molecule is CCN1CC[C@H]2C(C)(C)C(=O)C(I)=CC2(c2ccccc2)C1=O. The number of amides is 1. The van der Waals surface area contributed by atoms with E-state index in [0.717, 1.165) is 18.5 Å². The van der Waals surface area contributed by atoms with Crippen LogP contribution in [-0.2, 0) is 15.0 Å². The Morgan fingerprint density at radius 3 is 2.48 bits per heavy atom. The summed E-state index contributed by atoms with van der Waals surface area (Å²) in [6.07, 6.45) is 2.79. The summed E-state index contributed by atoms with van der Waals surface area (Å²) < 4.78 is 0.680. The van der Waals surface area contributed by atoms with E-state index >= 15 is 0 Å². The van der Waals surface area contributed by atoms with Gasteiger partial charge in [0, 0.05) is 18.5 Å². The van der Waals surface area contributed by atoms with Crippen molar-refractivity contribution in [2.45, 2.75) is 32.6 Å². The van der Waals surface area contributed by atoms with Crippen molar-refractivity contribution < 1.29 is 9.59 Å². The van der Waals surface area contributed by atoms with Gasteiger partial charge in [0.25, 0.3) is 0 Å². The molecule has 4 heteroatoms. The number of Topliss-reactive ketones (excluding diaryl/α,β-unsaturated/α-hetero) is 1. The first-order valence-electron chi connectivity index (χ1n) is 8.13. The number of benzene rings is 1. The van der Waals surface area contributed by atoms with Gasteiger partial charge in [-0.1, -0.05) is 44.2 Å². The average molecular weight is 423 g/mol. The summed E-state index contributed by atoms with van der Waals surface area (Å²) in [5.41, 5.74) is -0.247. The van der Waals surface area contributed by atoms with Crippen molar-refractivity contribution in [2.24, 2.45) is 11.3 Å². The van der Waals surface area contributed by atoms with E-state index in [4.69, 9.17) is 0 Å². The minimum atomic E-state index is -0.719. The number of likely N-dealkylation sites (tertiary alicyclic amines) is 1. The first kappa shape index (κ1) is 16.7. The van der Waals surface area contributed by atoms with Gasteiger partial charge in [-0.25, -0.2) is 0 Å². The van der Waals surface area contributed by atoms with E-state index in [-0.39, 0.29) is 17.6 Å². The van der Waals surface area contributed by atoms with Crippen molar-refractivity contribution in [3.8, 4) is 0 Å². The Bertz CT molecular complexity index is 680. The van der Waals surface area contributed by atoms with Crippen molar-refractivity contribution in [3.05, 3.63) is 45.6 Å². The van der Waals surface area contributed by atoms with Crippen LogP contribution in [0, 0.1) is 11.3 Å². The minimum Gasteiger partial charge on any atom is -0.342 e. The summed E-state index contributed by atoms with van der Waals surface area (Å²) >= 11 is 2.10. The molecule has 0 radical (unpaired) electrons. The zero-order chi connectivity index (χ0) is 16.8. The van der Waals surface area contributed by atoms with E-state index in [1.54, 1.807) is 0 Å². The molecule has 1 amide bonds. The van der Waals surface area contributed by atoms with Gasteiger partial charge in [0.05, 0.1) is 8.99 Å². The molecule has 0 aromatic heterocycles. The lowest BCUT2D eigenvalue weighted by Crippen LogP contribution is -2.62. The first-order valence-corrected chi connectivity index (χ1v) is 9.21. The molecule has 3 rings (SSSR count). The molecule has 0 spiro atoms. The Balaban J connectivity index is 2.29. The Hall–Kier alpha value is -1.17. The summed E-state index contributed by atoms with van der Waals surface area (Å²) in [4.78, 5) is 28.1. The lowest BCUT2D eigenvalue weighted by molar-refractivity contribution is -0.148. The van der Waals surface area contributed by atoms with Gasteiger partial charge < -0.3 is 4.90 Å². The summed E-state index contributed by atoms with van der Waals surface area (Å²) in [5, 5.41) is 0. The van der Waals surface area contributed by atoms with Crippen LogP contribution in [0.5, 0.6) is 0 Å². The lowest BCUT2D eigenvalue weighted by atomic mass is 9.53. The standard InChI is InChI=1S/C19H22INO2/c1-4-21-11-10-15-18(2,3)16(22)14(20)12-19(15,17(21)23)13-8-6-5-7-9-13/h5-9,12,15H,4,10-11H2,1-3H3/t15-,19?/m0/s1. The van der Waals surface area contributed by atoms with Crippen molar-refractivity contribution in [1.82, 2.24) is 4.90 Å². The lowest BCUT2D eigenvalue weighted by Gasteiger charge is -2.53. The van der Waals surface area contributed by atoms with Crippen LogP contribution in [-0.4, -0.2) is 29.7 Å². The Kier molecular flexibility index (Phi) is 4.15. The third kappa shape index (κ3) is 2.29. The highest BCUT2D eigenvalue weighted by molar-refractivity contribution is 14.1. The number of carbonyl (C=O) groups is 2. The van der Waals surface area contributed by atoms with Crippen LogP contribution in [0.3, 0.4) is 0 Å². The highest BCUT2D eigenvalue weighted by atomic mass is 127. The highest BCUT2D eigenvalue weighted by Gasteiger charge is 2.59. The second kappa shape index (κ2) is 5.72. The maximum atomic E-state index is 13.4. The molecule has 1 aromatic carbocycles. The van der Waals surface area contributed by atoms with E-state index in [1.807, 2.05) is 62.1 Å². The summed E-state index contributed by atoms with van der Waals surface area (Å²) in [5.74, 6) is 0.295. The summed E-state index contributed by atoms with van der Waals surface area (Å²) in [7, 11) is 0. The number of piperidine rings is 1. The monoisotopic (exact) mass is 423 g/mol. The van der Waals surface area contributed by atoms with Crippen molar-refractivity contribution >= 4 is 34.3 Å². The minimum absolute atomic E-state index is 0.00119. The van der Waals surface area contributed by atoms with Crippen LogP contribution in [0.15, 0.2) is 40.0 Å². The number of fused-ring (bicyclic) bond motifs is 1. The molecule has 2 aliphatic rings. The highest BCUT2D eigenvalue weighted by Crippen LogP contribution is 2.54. The van der Waals surface area contributed by atoms with Crippen LogP contribution < -0.4 is 0 Å². The second-order valence-corrected chi connectivity index (χ2v) is 8.17. The van der Waals surface area contributed by atoms with E-state index in [0.29, 0.717) is 10.1 Å². The predicted octanol–water partition coefficient (Wildman–Crippen LogP) is 3.72. The zero-order valence-electron chi connectivity index (χ0n) is 13.8. The van der Waals surface area contributed by atoms with Gasteiger partial charge in [0.2, 0.25) is 5.91 Å². The van der Waals surface area contributed by atoms with E-state index in [1.165, 1.54) is 0 Å². The van der Waals surface area contributed by atoms with Gasteiger partial charge in [0.1, 0.15) is 0 Å². The maximum Gasteiger partial charge on any atom is 0.237 e. The predicted molar refractivity (Wildman–Crippen MR) is 99.4 cm³/mol. The number of ketones is 1. The quantitative estimate of drug-likeness (QED) is 0.681. The van der Waals surface area contributed by atoms with Crippen molar-refractivity contribution in [1.29, 1.82) is 0 Å². The molecule has 1 fully saturated rings. The molecule has 1 aromatic rings. The normalized spacial score (nSPS) is 30.0. The molecule has 1 aliphatic carbocycles. The largest absolute Gasteiger partial charge is 0.342 e. The van der Waals surface area contributed by atoms with Crippen LogP contribution in [0.1, 0.15) is 32.8 Å². The average Bonchev–Trinajstić information content (AvgIpc) is 2.55. The smallest absolute Gasteiger partial charge is 0.237 e. The van der Waals surface area contributed by atoms with Gasteiger partial charge in [0.15, 0.2) is 5.78 Å².